The van der Waals surface area contributed by atoms with Gasteiger partial charge in [0.1, 0.15) is 0 Å². The monoisotopic (exact) mass is 340 g/mol. The molecule has 1 amide bonds. The molecule has 0 fully saturated rings. The van der Waals surface area contributed by atoms with E-state index in [0.717, 1.165) is 5.56 Å². The van der Waals surface area contributed by atoms with E-state index < -0.39 is 0 Å². The van der Waals surface area contributed by atoms with Gasteiger partial charge < -0.3 is 14.6 Å². The van der Waals surface area contributed by atoms with Crippen LogP contribution in [0.1, 0.15) is 12.0 Å². The molecule has 0 aromatic heterocycles. The van der Waals surface area contributed by atoms with E-state index in [-0.39, 0.29) is 24.9 Å². The van der Waals surface area contributed by atoms with Crippen molar-refractivity contribution >= 4 is 17.3 Å². The second kappa shape index (κ2) is 7.36. The SMILES string of the molecule is COc1ccc(C2=NN(c3ccccc3)C(=O)CC2CO)cc1OC. The van der Waals surface area contributed by atoms with Crippen LogP contribution in [0.25, 0.3) is 0 Å². The Kier molecular flexibility index (Phi) is 5.00. The highest BCUT2D eigenvalue weighted by Gasteiger charge is 2.31. The van der Waals surface area contributed by atoms with Crippen molar-refractivity contribution in [1.29, 1.82) is 0 Å². The number of hydrogen-bond donors (Lipinski definition) is 1. The largest absolute Gasteiger partial charge is 0.493 e. The number of carbonyl (C=O) groups is 1. The summed E-state index contributed by atoms with van der Waals surface area (Å²) in [4.78, 5) is 12.4. The van der Waals surface area contributed by atoms with Crippen LogP contribution in [-0.2, 0) is 4.79 Å². The average molecular weight is 340 g/mol. The summed E-state index contributed by atoms with van der Waals surface area (Å²) in [5.41, 5.74) is 2.12. The van der Waals surface area contributed by atoms with Gasteiger partial charge in [0.25, 0.3) is 0 Å². The molecule has 130 valence electrons. The molecule has 1 atom stereocenters. The van der Waals surface area contributed by atoms with Gasteiger partial charge in [-0.3, -0.25) is 4.79 Å². The van der Waals surface area contributed by atoms with Crippen molar-refractivity contribution in [3.8, 4) is 11.5 Å². The summed E-state index contributed by atoms with van der Waals surface area (Å²) >= 11 is 0. The summed E-state index contributed by atoms with van der Waals surface area (Å²) < 4.78 is 10.6. The Bertz CT molecular complexity index is 789. The van der Waals surface area contributed by atoms with Gasteiger partial charge in [-0.05, 0) is 30.3 Å². The van der Waals surface area contributed by atoms with Gasteiger partial charge in [0.15, 0.2) is 11.5 Å². The lowest BCUT2D eigenvalue weighted by atomic mass is 9.92. The van der Waals surface area contributed by atoms with Crippen LogP contribution < -0.4 is 14.5 Å². The Labute approximate surface area is 146 Å². The van der Waals surface area contributed by atoms with Gasteiger partial charge in [-0.15, -0.1) is 0 Å². The van der Waals surface area contributed by atoms with Gasteiger partial charge in [-0.2, -0.15) is 5.10 Å². The van der Waals surface area contributed by atoms with Crippen LogP contribution in [0, 0.1) is 5.92 Å². The number of carbonyl (C=O) groups excluding carboxylic acids is 1. The third-order valence-electron chi connectivity index (χ3n) is 4.15. The van der Waals surface area contributed by atoms with Crippen LogP contribution in [-0.4, -0.2) is 37.6 Å². The van der Waals surface area contributed by atoms with Gasteiger partial charge >= 0.3 is 0 Å². The van der Waals surface area contributed by atoms with Crippen LogP contribution in [0.2, 0.25) is 0 Å². The lowest BCUT2D eigenvalue weighted by Crippen LogP contribution is -2.38. The molecule has 6 heteroatoms. The Hall–Kier alpha value is -2.86. The predicted molar refractivity (Wildman–Crippen MR) is 95.2 cm³/mol. The number of anilines is 1. The number of aliphatic hydroxyl groups is 1. The fourth-order valence-corrected chi connectivity index (χ4v) is 2.85. The number of amides is 1. The maximum atomic E-state index is 12.4. The summed E-state index contributed by atoms with van der Waals surface area (Å²) in [6, 6.07) is 14.7. The first kappa shape index (κ1) is 17.0. The summed E-state index contributed by atoms with van der Waals surface area (Å²) in [5, 5.41) is 15.6. The summed E-state index contributed by atoms with van der Waals surface area (Å²) in [7, 11) is 3.13. The van der Waals surface area contributed by atoms with Gasteiger partial charge in [-0.25, -0.2) is 5.01 Å². The summed E-state index contributed by atoms with van der Waals surface area (Å²) in [5.74, 6) is 0.682. The van der Waals surface area contributed by atoms with E-state index >= 15 is 0 Å². The molecule has 6 nitrogen and oxygen atoms in total. The number of ether oxygens (including phenoxy) is 2. The minimum absolute atomic E-state index is 0.144. The van der Waals surface area contributed by atoms with E-state index in [4.69, 9.17) is 9.47 Å². The third kappa shape index (κ3) is 3.34. The first-order valence-corrected chi connectivity index (χ1v) is 7.97. The first-order chi connectivity index (χ1) is 12.2. The number of nitrogens with zero attached hydrogens (tertiary/aromatic N) is 2. The first-order valence-electron chi connectivity index (χ1n) is 7.97. The molecular formula is C19H20N2O4. The Morgan fingerprint density at radius 1 is 1.12 bits per heavy atom. The molecule has 0 spiro atoms. The van der Waals surface area contributed by atoms with E-state index in [2.05, 4.69) is 5.10 Å². The van der Waals surface area contributed by atoms with Crippen molar-refractivity contribution in [3.63, 3.8) is 0 Å². The minimum atomic E-state index is -0.356. The van der Waals surface area contributed by atoms with Gasteiger partial charge in [0.05, 0.1) is 32.2 Å². The van der Waals surface area contributed by atoms with Crippen LogP contribution >= 0.6 is 0 Å². The number of benzene rings is 2. The number of hydrogen-bond acceptors (Lipinski definition) is 5. The van der Waals surface area contributed by atoms with Crippen molar-refractivity contribution in [2.45, 2.75) is 6.42 Å². The van der Waals surface area contributed by atoms with Crippen LogP contribution in [0.4, 0.5) is 5.69 Å². The molecule has 1 aliphatic heterocycles. The molecule has 2 aromatic carbocycles. The summed E-state index contributed by atoms with van der Waals surface area (Å²) in [6.07, 6.45) is 0.193. The van der Waals surface area contributed by atoms with Gasteiger partial charge in [-0.1, -0.05) is 18.2 Å². The smallest absolute Gasteiger partial charge is 0.248 e. The minimum Gasteiger partial charge on any atom is -0.493 e. The van der Waals surface area contributed by atoms with Gasteiger partial charge in [0, 0.05) is 17.9 Å². The lowest BCUT2D eigenvalue weighted by Gasteiger charge is -2.28. The van der Waals surface area contributed by atoms with E-state index in [9.17, 15) is 9.90 Å². The zero-order valence-electron chi connectivity index (χ0n) is 14.2. The second-order valence-corrected chi connectivity index (χ2v) is 5.68. The van der Waals surface area contributed by atoms with E-state index in [1.807, 2.05) is 36.4 Å². The zero-order valence-corrected chi connectivity index (χ0v) is 14.2. The van der Waals surface area contributed by atoms with Crippen molar-refractivity contribution in [2.24, 2.45) is 11.0 Å². The highest BCUT2D eigenvalue weighted by Crippen LogP contribution is 2.31. The Balaban J connectivity index is 2.06. The molecule has 0 bridgehead atoms. The molecular weight excluding hydrogens is 320 g/mol. The molecule has 0 aliphatic carbocycles. The normalized spacial score (nSPS) is 17.2. The lowest BCUT2D eigenvalue weighted by molar-refractivity contribution is -0.119. The standard InChI is InChI=1S/C19H20N2O4/c1-24-16-9-8-13(10-17(16)25-2)19-14(12-22)11-18(23)21(20-19)15-6-4-3-5-7-15/h3-10,14,22H,11-12H2,1-2H3. The molecule has 0 radical (unpaired) electrons. The fraction of sp³-hybridized carbons (Fsp3) is 0.263. The Morgan fingerprint density at radius 2 is 1.84 bits per heavy atom. The molecule has 0 saturated heterocycles. The average Bonchev–Trinajstić information content (AvgIpc) is 2.67. The maximum absolute atomic E-state index is 12.4. The molecule has 25 heavy (non-hydrogen) atoms. The quantitative estimate of drug-likeness (QED) is 0.907. The van der Waals surface area contributed by atoms with E-state index in [1.165, 1.54) is 5.01 Å². The zero-order chi connectivity index (χ0) is 17.8. The number of hydrazone groups is 1. The van der Waals surface area contributed by atoms with Crippen molar-refractivity contribution in [3.05, 3.63) is 54.1 Å². The number of aliphatic hydroxyl groups excluding tert-OH is 1. The molecule has 3 rings (SSSR count). The second-order valence-electron chi connectivity index (χ2n) is 5.68. The fourth-order valence-electron chi connectivity index (χ4n) is 2.85. The maximum Gasteiger partial charge on any atom is 0.248 e. The van der Waals surface area contributed by atoms with Crippen LogP contribution in [0.15, 0.2) is 53.6 Å². The highest BCUT2D eigenvalue weighted by molar-refractivity contribution is 6.10. The molecule has 1 unspecified atom stereocenters. The van der Waals surface area contributed by atoms with Crippen LogP contribution in [0.5, 0.6) is 11.5 Å². The number of methoxy groups -OCH3 is 2. The Morgan fingerprint density at radius 3 is 2.48 bits per heavy atom. The van der Waals surface area contributed by atoms with E-state index in [1.54, 1.807) is 26.4 Å². The topological polar surface area (TPSA) is 71.4 Å². The van der Waals surface area contributed by atoms with Crippen LogP contribution in [0.3, 0.4) is 0 Å². The highest BCUT2D eigenvalue weighted by atomic mass is 16.5. The van der Waals surface area contributed by atoms with E-state index in [0.29, 0.717) is 22.9 Å². The number of rotatable bonds is 5. The van der Waals surface area contributed by atoms with Gasteiger partial charge in [0.2, 0.25) is 5.91 Å². The summed E-state index contributed by atoms with van der Waals surface area (Å²) in [6.45, 7) is -0.151. The van der Waals surface area contributed by atoms with Crippen molar-refractivity contribution in [1.82, 2.24) is 0 Å². The predicted octanol–water partition coefficient (Wildman–Crippen LogP) is 2.45. The molecule has 1 N–H and O–H groups in total. The third-order valence-corrected chi connectivity index (χ3v) is 4.15. The molecule has 0 saturated carbocycles. The molecule has 1 heterocycles. The molecule has 1 aliphatic rings. The number of para-hydroxylation sites is 1. The molecule has 2 aromatic rings. The van der Waals surface area contributed by atoms with Crippen molar-refractivity contribution < 1.29 is 19.4 Å². The van der Waals surface area contributed by atoms with Crippen molar-refractivity contribution in [2.75, 3.05) is 25.8 Å².